The van der Waals surface area contributed by atoms with Crippen molar-refractivity contribution < 1.29 is 22.7 Å². The van der Waals surface area contributed by atoms with Gasteiger partial charge in [-0.3, -0.25) is 9.59 Å². The van der Waals surface area contributed by atoms with E-state index >= 15 is 0 Å². The first-order valence-corrected chi connectivity index (χ1v) is 10.6. The maximum absolute atomic E-state index is 12.4. The van der Waals surface area contributed by atoms with E-state index in [2.05, 4.69) is 5.32 Å². The van der Waals surface area contributed by atoms with Gasteiger partial charge in [0, 0.05) is 25.2 Å². The third kappa shape index (κ3) is 4.56. The molecule has 150 valence electrons. The summed E-state index contributed by atoms with van der Waals surface area (Å²) in [4.78, 5) is 24.0. The van der Waals surface area contributed by atoms with Crippen molar-refractivity contribution in [3.05, 3.63) is 24.3 Å². The molecule has 2 rings (SSSR count). The Hall–Kier alpha value is -1.35. The number of nitrogens with one attached hydrogen (secondary N) is 1. The van der Waals surface area contributed by atoms with Crippen LogP contribution in [0.15, 0.2) is 29.2 Å². The predicted octanol–water partition coefficient (Wildman–Crippen LogP) is 2.78. The monoisotopic (exact) mass is 436 g/mol. The number of nitrogens with zero attached hydrogens (tertiary/aromatic N) is 1. The Labute approximate surface area is 169 Å². The lowest BCUT2D eigenvalue weighted by Crippen LogP contribution is -2.30. The van der Waals surface area contributed by atoms with Crippen molar-refractivity contribution in [1.82, 2.24) is 4.31 Å². The minimum absolute atomic E-state index is 0.137. The van der Waals surface area contributed by atoms with Crippen LogP contribution in [0.2, 0.25) is 0 Å². The van der Waals surface area contributed by atoms with Crippen molar-refractivity contribution >= 4 is 50.8 Å². The molecule has 1 aliphatic rings. The quantitative estimate of drug-likeness (QED) is 0.499. The number of amides is 1. The molecule has 1 amide bonds. The van der Waals surface area contributed by atoms with Crippen molar-refractivity contribution in [3.8, 4) is 0 Å². The molecule has 1 N–H and O–H groups in total. The summed E-state index contributed by atoms with van der Waals surface area (Å²) in [6, 6.07) is 5.77. The van der Waals surface area contributed by atoms with Gasteiger partial charge in [-0.1, -0.05) is 13.8 Å². The maximum Gasteiger partial charge on any atom is 0.315 e. The van der Waals surface area contributed by atoms with Crippen LogP contribution in [0.25, 0.3) is 0 Å². The van der Waals surface area contributed by atoms with Crippen LogP contribution in [0.1, 0.15) is 27.2 Å². The topological polar surface area (TPSA) is 92.8 Å². The van der Waals surface area contributed by atoms with Crippen molar-refractivity contribution in [2.24, 2.45) is 5.41 Å². The normalized spacial score (nSPS) is 21.0. The van der Waals surface area contributed by atoms with Gasteiger partial charge in [0.25, 0.3) is 5.91 Å². The Morgan fingerprint density at radius 2 is 1.70 bits per heavy atom. The van der Waals surface area contributed by atoms with Crippen LogP contribution in [0, 0.1) is 5.41 Å². The molecule has 7 nitrogen and oxygen atoms in total. The Morgan fingerprint density at radius 1 is 1.19 bits per heavy atom. The second kappa shape index (κ2) is 7.95. The van der Waals surface area contributed by atoms with Crippen LogP contribution in [-0.2, 0) is 24.3 Å². The standard InChI is InChI=1S/C17H22Cl2N2O5S/c1-4-21(5-2)27(24,25)13-8-6-12(7-9-13)20-14(22)10-26-15(23)16(3)11-17(16,18)19/h6-9H,4-5,10-11H2,1-3H3,(H,20,22)/t16-/m0/s1. The molecule has 1 fully saturated rings. The molecule has 1 atom stereocenters. The van der Waals surface area contributed by atoms with E-state index in [0.717, 1.165) is 0 Å². The van der Waals surface area contributed by atoms with Gasteiger partial charge in [0.2, 0.25) is 10.0 Å². The molecule has 0 unspecified atom stereocenters. The molecule has 27 heavy (non-hydrogen) atoms. The number of rotatable bonds is 8. The second-order valence-electron chi connectivity index (χ2n) is 6.45. The Balaban J connectivity index is 1.93. The van der Waals surface area contributed by atoms with Crippen LogP contribution in [-0.4, -0.2) is 48.6 Å². The predicted molar refractivity (Wildman–Crippen MR) is 103 cm³/mol. The molecule has 10 heteroatoms. The van der Waals surface area contributed by atoms with Crippen LogP contribution in [0.5, 0.6) is 0 Å². The Bertz CT molecular complexity index is 822. The van der Waals surface area contributed by atoms with Gasteiger partial charge in [-0.15, -0.1) is 23.2 Å². The molecule has 1 aromatic rings. The summed E-state index contributed by atoms with van der Waals surface area (Å²) in [5.74, 6) is -1.19. The minimum Gasteiger partial charge on any atom is -0.455 e. The van der Waals surface area contributed by atoms with E-state index < -0.39 is 38.3 Å². The summed E-state index contributed by atoms with van der Waals surface area (Å²) in [5, 5.41) is 2.54. The Morgan fingerprint density at radius 3 is 2.15 bits per heavy atom. The molecule has 0 radical (unpaired) electrons. The van der Waals surface area contributed by atoms with Crippen molar-refractivity contribution in [3.63, 3.8) is 0 Å². The first kappa shape index (κ1) is 21.9. The highest BCUT2D eigenvalue weighted by Gasteiger charge is 2.69. The van der Waals surface area contributed by atoms with E-state index in [1.807, 2.05) is 0 Å². The number of hydrogen-bond donors (Lipinski definition) is 1. The lowest BCUT2D eigenvalue weighted by molar-refractivity contribution is -0.152. The maximum atomic E-state index is 12.4. The van der Waals surface area contributed by atoms with E-state index in [-0.39, 0.29) is 11.3 Å². The summed E-state index contributed by atoms with van der Waals surface area (Å²) < 4.78 is 30.0. The molecular weight excluding hydrogens is 415 g/mol. The third-order valence-corrected chi connectivity index (χ3v) is 7.69. The van der Waals surface area contributed by atoms with E-state index in [1.54, 1.807) is 20.8 Å². The number of ether oxygens (including phenoxy) is 1. The van der Waals surface area contributed by atoms with E-state index in [4.69, 9.17) is 27.9 Å². The molecular formula is C17H22Cl2N2O5S. The zero-order chi connectivity index (χ0) is 20.5. The van der Waals surface area contributed by atoms with Gasteiger partial charge >= 0.3 is 5.97 Å². The fourth-order valence-corrected chi connectivity index (χ4v) is 4.68. The second-order valence-corrected chi connectivity index (χ2v) is 9.87. The fraction of sp³-hybridized carbons (Fsp3) is 0.529. The van der Waals surface area contributed by atoms with Gasteiger partial charge < -0.3 is 10.1 Å². The van der Waals surface area contributed by atoms with Crippen molar-refractivity contribution in [2.75, 3.05) is 25.0 Å². The minimum atomic E-state index is -3.56. The van der Waals surface area contributed by atoms with Gasteiger partial charge in [-0.25, -0.2) is 8.42 Å². The molecule has 1 aromatic carbocycles. The summed E-state index contributed by atoms with van der Waals surface area (Å²) >= 11 is 11.8. The van der Waals surface area contributed by atoms with Gasteiger partial charge in [-0.05, 0) is 31.2 Å². The van der Waals surface area contributed by atoms with E-state index in [9.17, 15) is 18.0 Å². The average Bonchev–Trinajstić information content (AvgIpc) is 3.13. The van der Waals surface area contributed by atoms with Crippen LogP contribution in [0.3, 0.4) is 0 Å². The highest BCUT2D eigenvalue weighted by atomic mass is 35.5. The molecule has 1 aliphatic carbocycles. The van der Waals surface area contributed by atoms with Crippen LogP contribution < -0.4 is 5.32 Å². The number of carbonyl (C=O) groups excluding carboxylic acids is 2. The Kier molecular flexibility index (Phi) is 6.46. The molecule has 0 bridgehead atoms. The number of hydrogen-bond acceptors (Lipinski definition) is 5. The van der Waals surface area contributed by atoms with E-state index in [0.29, 0.717) is 18.8 Å². The van der Waals surface area contributed by atoms with Gasteiger partial charge in [0.15, 0.2) is 6.61 Å². The summed E-state index contributed by atoms with van der Waals surface area (Å²) in [5.41, 5.74) is -0.618. The van der Waals surface area contributed by atoms with E-state index in [1.165, 1.54) is 28.6 Å². The number of anilines is 1. The first-order valence-electron chi connectivity index (χ1n) is 8.43. The number of carbonyl (C=O) groups is 2. The number of alkyl halides is 2. The summed E-state index contributed by atoms with van der Waals surface area (Å²) in [6.07, 6.45) is 0.270. The lowest BCUT2D eigenvalue weighted by atomic mass is 10.1. The average molecular weight is 437 g/mol. The molecule has 0 saturated heterocycles. The summed E-state index contributed by atoms with van der Waals surface area (Å²) in [6.45, 7) is 5.34. The fourth-order valence-electron chi connectivity index (χ4n) is 2.53. The molecule has 0 aliphatic heterocycles. The zero-order valence-corrected chi connectivity index (χ0v) is 17.6. The van der Waals surface area contributed by atoms with Crippen LogP contribution in [0.4, 0.5) is 5.69 Å². The van der Waals surface area contributed by atoms with Crippen LogP contribution >= 0.6 is 23.2 Å². The number of sulfonamides is 1. The molecule has 0 heterocycles. The largest absolute Gasteiger partial charge is 0.455 e. The zero-order valence-electron chi connectivity index (χ0n) is 15.3. The highest BCUT2D eigenvalue weighted by molar-refractivity contribution is 7.89. The SMILES string of the molecule is CCN(CC)S(=O)(=O)c1ccc(NC(=O)COC(=O)[C@]2(C)CC2(Cl)Cl)cc1. The number of benzene rings is 1. The molecule has 0 aromatic heterocycles. The van der Waals surface area contributed by atoms with Gasteiger partial charge in [0.1, 0.15) is 9.75 Å². The van der Waals surface area contributed by atoms with Gasteiger partial charge in [0.05, 0.1) is 4.90 Å². The lowest BCUT2D eigenvalue weighted by Gasteiger charge is -2.18. The molecule has 1 saturated carbocycles. The third-order valence-electron chi connectivity index (χ3n) is 4.52. The van der Waals surface area contributed by atoms with Gasteiger partial charge in [-0.2, -0.15) is 4.31 Å². The molecule has 0 spiro atoms. The first-order chi connectivity index (χ1) is 12.5. The number of halogens is 2. The smallest absolute Gasteiger partial charge is 0.315 e. The van der Waals surface area contributed by atoms with Crippen molar-refractivity contribution in [1.29, 1.82) is 0 Å². The summed E-state index contributed by atoms with van der Waals surface area (Å²) in [7, 11) is -3.56. The van der Waals surface area contributed by atoms with Crippen molar-refractivity contribution in [2.45, 2.75) is 36.4 Å². The number of esters is 1. The highest BCUT2D eigenvalue weighted by Crippen LogP contribution is 2.64.